The fourth-order valence-electron chi connectivity index (χ4n) is 1.31. The van der Waals surface area contributed by atoms with Gasteiger partial charge in [0.15, 0.2) is 16.8 Å². The maximum absolute atomic E-state index is 13.2. The van der Waals surface area contributed by atoms with E-state index < -0.39 is 5.82 Å². The lowest BCUT2D eigenvalue weighted by Gasteiger charge is -2.06. The Morgan fingerprint density at radius 2 is 1.94 bits per heavy atom. The molecule has 3 nitrogen and oxygen atoms in total. The van der Waals surface area contributed by atoms with Crippen molar-refractivity contribution in [2.45, 2.75) is 13.5 Å². The van der Waals surface area contributed by atoms with Crippen molar-refractivity contribution in [1.29, 1.82) is 0 Å². The van der Waals surface area contributed by atoms with Crippen molar-refractivity contribution in [3.63, 3.8) is 0 Å². The van der Waals surface area contributed by atoms with Crippen LogP contribution in [0.5, 0.6) is 5.75 Å². The third kappa shape index (κ3) is 2.91. The smallest absolute Gasteiger partial charge is 0.181 e. The second-order valence-corrected chi connectivity index (χ2v) is 3.79. The number of rotatable bonds is 3. The number of hydrogen-bond acceptors (Lipinski definition) is 3. The molecule has 0 amide bonds. The van der Waals surface area contributed by atoms with Crippen molar-refractivity contribution in [3.8, 4) is 5.75 Å². The average Bonchev–Trinajstić information content (AvgIpc) is 2.34. The van der Waals surface area contributed by atoms with E-state index in [9.17, 15) is 4.39 Å². The molecule has 88 valence electrons. The molecule has 1 aromatic heterocycles. The Bertz CT molecular complexity index is 496. The lowest BCUT2D eigenvalue weighted by atomic mass is 10.3. The molecular formula is C12H10ClFN2O. The Hall–Kier alpha value is -1.68. The van der Waals surface area contributed by atoms with Gasteiger partial charge in [-0.2, -0.15) is 0 Å². The minimum atomic E-state index is -0.588. The maximum Gasteiger partial charge on any atom is 0.181 e. The quantitative estimate of drug-likeness (QED) is 0.787. The first-order chi connectivity index (χ1) is 8.16. The lowest BCUT2D eigenvalue weighted by molar-refractivity contribution is 0.295. The second kappa shape index (κ2) is 5.10. The molecule has 0 N–H and O–H groups in total. The molecule has 2 aromatic rings. The Morgan fingerprint density at radius 3 is 2.59 bits per heavy atom. The van der Waals surface area contributed by atoms with Gasteiger partial charge in [0, 0.05) is 0 Å². The van der Waals surface area contributed by atoms with Gasteiger partial charge in [-0.25, -0.2) is 14.4 Å². The van der Waals surface area contributed by atoms with Crippen molar-refractivity contribution < 1.29 is 9.13 Å². The number of aromatic nitrogens is 2. The fraction of sp³-hybridized carbons (Fsp3) is 0.167. The fourth-order valence-corrected chi connectivity index (χ4v) is 1.54. The number of halogens is 2. The summed E-state index contributed by atoms with van der Waals surface area (Å²) in [7, 11) is 0. The highest BCUT2D eigenvalue weighted by Crippen LogP contribution is 2.15. The van der Waals surface area contributed by atoms with E-state index in [0.717, 1.165) is 0 Å². The highest BCUT2D eigenvalue weighted by atomic mass is 35.5. The molecule has 5 heteroatoms. The van der Waals surface area contributed by atoms with Gasteiger partial charge in [-0.15, -0.1) is 0 Å². The van der Waals surface area contributed by atoms with Gasteiger partial charge < -0.3 is 4.74 Å². The first-order valence-electron chi connectivity index (χ1n) is 5.03. The van der Waals surface area contributed by atoms with E-state index in [0.29, 0.717) is 11.6 Å². The van der Waals surface area contributed by atoms with Crippen molar-refractivity contribution >= 4 is 11.6 Å². The molecule has 0 atom stereocenters. The minimum absolute atomic E-state index is 0.158. The van der Waals surface area contributed by atoms with Gasteiger partial charge in [0.05, 0.1) is 5.69 Å². The van der Waals surface area contributed by atoms with Crippen molar-refractivity contribution in [2.24, 2.45) is 0 Å². The summed E-state index contributed by atoms with van der Waals surface area (Å²) < 4.78 is 18.6. The molecule has 2 rings (SSSR count). The molecule has 0 aliphatic carbocycles. The number of hydrogen-bond donors (Lipinski definition) is 0. The topological polar surface area (TPSA) is 35.0 Å². The minimum Gasteiger partial charge on any atom is -0.486 e. The van der Waals surface area contributed by atoms with Crippen molar-refractivity contribution in [3.05, 3.63) is 52.8 Å². The Balaban J connectivity index is 2.10. The normalized spacial score (nSPS) is 10.3. The zero-order chi connectivity index (χ0) is 12.3. The number of para-hydroxylation sites is 1. The van der Waals surface area contributed by atoms with Gasteiger partial charge in [0.1, 0.15) is 12.4 Å². The van der Waals surface area contributed by atoms with Gasteiger partial charge in [0.25, 0.3) is 0 Å². The maximum atomic E-state index is 13.2. The largest absolute Gasteiger partial charge is 0.486 e. The standard InChI is InChI=1S/C12H10ClFN2O/c1-8-11(14)12(13)16-10(15-8)7-17-9-5-3-2-4-6-9/h2-6H,7H2,1H3. The van der Waals surface area contributed by atoms with E-state index in [1.807, 2.05) is 30.3 Å². The lowest BCUT2D eigenvalue weighted by Crippen LogP contribution is -2.05. The summed E-state index contributed by atoms with van der Waals surface area (Å²) in [5, 5.41) is -0.177. The number of ether oxygens (including phenoxy) is 1. The SMILES string of the molecule is Cc1nc(COc2ccccc2)nc(Cl)c1F. The van der Waals surface area contributed by atoms with Gasteiger partial charge in [0.2, 0.25) is 0 Å². The van der Waals surface area contributed by atoms with Crippen molar-refractivity contribution in [2.75, 3.05) is 0 Å². The van der Waals surface area contributed by atoms with E-state index >= 15 is 0 Å². The summed E-state index contributed by atoms with van der Waals surface area (Å²) >= 11 is 5.62. The highest BCUT2D eigenvalue weighted by molar-refractivity contribution is 6.29. The first kappa shape index (κ1) is 11.8. The average molecular weight is 253 g/mol. The van der Waals surface area contributed by atoms with Crippen molar-refractivity contribution in [1.82, 2.24) is 9.97 Å². The molecule has 0 aliphatic rings. The molecule has 0 bridgehead atoms. The van der Waals surface area contributed by atoms with Crippen LogP contribution in [0.3, 0.4) is 0 Å². The molecule has 0 radical (unpaired) electrons. The zero-order valence-corrected chi connectivity index (χ0v) is 9.91. The third-order valence-corrected chi connectivity index (χ3v) is 2.38. The summed E-state index contributed by atoms with van der Waals surface area (Å²) in [5.41, 5.74) is 0.219. The predicted molar refractivity (Wildman–Crippen MR) is 62.5 cm³/mol. The number of aryl methyl sites for hydroxylation is 1. The monoisotopic (exact) mass is 252 g/mol. The van der Waals surface area contributed by atoms with Crippen LogP contribution in [0.25, 0.3) is 0 Å². The number of nitrogens with zero attached hydrogens (tertiary/aromatic N) is 2. The van der Waals surface area contributed by atoms with Gasteiger partial charge in [-0.1, -0.05) is 29.8 Å². The first-order valence-corrected chi connectivity index (χ1v) is 5.41. The van der Waals surface area contributed by atoms with Crippen LogP contribution in [0.15, 0.2) is 30.3 Å². The Labute approximate surface area is 103 Å². The van der Waals surface area contributed by atoms with E-state index in [4.69, 9.17) is 16.3 Å². The molecule has 0 saturated carbocycles. The van der Waals surface area contributed by atoms with Gasteiger partial charge in [-0.3, -0.25) is 0 Å². The molecule has 1 heterocycles. The molecule has 1 aromatic carbocycles. The van der Waals surface area contributed by atoms with Crippen LogP contribution in [0, 0.1) is 12.7 Å². The van der Waals surface area contributed by atoms with Crippen LogP contribution in [-0.4, -0.2) is 9.97 Å². The van der Waals surface area contributed by atoms with Gasteiger partial charge in [-0.05, 0) is 19.1 Å². The van der Waals surface area contributed by atoms with E-state index in [1.165, 1.54) is 6.92 Å². The molecular weight excluding hydrogens is 243 g/mol. The van der Waals surface area contributed by atoms with Crippen LogP contribution in [0.1, 0.15) is 11.5 Å². The number of benzene rings is 1. The van der Waals surface area contributed by atoms with Crippen LogP contribution in [0.4, 0.5) is 4.39 Å². The molecule has 0 unspecified atom stereocenters. The van der Waals surface area contributed by atoms with E-state index in [-0.39, 0.29) is 17.5 Å². The summed E-state index contributed by atoms with van der Waals surface area (Å²) in [6, 6.07) is 9.25. The Morgan fingerprint density at radius 1 is 1.24 bits per heavy atom. The van der Waals surface area contributed by atoms with Crippen LogP contribution < -0.4 is 4.74 Å². The van der Waals surface area contributed by atoms with Gasteiger partial charge >= 0.3 is 0 Å². The summed E-state index contributed by atoms with van der Waals surface area (Å²) in [6.07, 6.45) is 0. The van der Waals surface area contributed by atoms with E-state index in [2.05, 4.69) is 9.97 Å². The second-order valence-electron chi connectivity index (χ2n) is 3.43. The molecule has 0 spiro atoms. The molecule has 0 aliphatic heterocycles. The molecule has 0 saturated heterocycles. The third-order valence-electron chi connectivity index (χ3n) is 2.13. The van der Waals surface area contributed by atoms with Crippen LogP contribution >= 0.6 is 11.6 Å². The zero-order valence-electron chi connectivity index (χ0n) is 9.15. The summed E-state index contributed by atoms with van der Waals surface area (Å²) in [4.78, 5) is 7.76. The predicted octanol–water partition coefficient (Wildman–Crippen LogP) is 3.16. The summed E-state index contributed by atoms with van der Waals surface area (Å²) in [5.74, 6) is 0.474. The van der Waals surface area contributed by atoms with E-state index in [1.54, 1.807) is 0 Å². The van der Waals surface area contributed by atoms with Crippen LogP contribution in [0.2, 0.25) is 5.15 Å². The molecule has 17 heavy (non-hydrogen) atoms. The molecule has 0 fully saturated rings. The van der Waals surface area contributed by atoms with Crippen LogP contribution in [-0.2, 0) is 6.61 Å². The Kier molecular flexibility index (Phi) is 3.54. The summed E-state index contributed by atoms with van der Waals surface area (Å²) in [6.45, 7) is 1.69. The highest BCUT2D eigenvalue weighted by Gasteiger charge is 2.09.